The first-order valence-corrected chi connectivity index (χ1v) is 9.18. The van der Waals surface area contributed by atoms with Gasteiger partial charge in [-0.15, -0.1) is 0 Å². The Morgan fingerprint density at radius 2 is 1.69 bits per heavy atom. The summed E-state index contributed by atoms with van der Waals surface area (Å²) in [6.45, 7) is 0. The second-order valence-corrected chi connectivity index (χ2v) is 6.59. The number of aromatic nitrogens is 3. The number of anilines is 2. The summed E-state index contributed by atoms with van der Waals surface area (Å²) in [5, 5.41) is 8.22. The van der Waals surface area contributed by atoms with Gasteiger partial charge in [0.1, 0.15) is 11.6 Å². The Morgan fingerprint density at radius 1 is 0.897 bits per heavy atom. The van der Waals surface area contributed by atoms with Crippen LogP contribution < -0.4 is 19.5 Å². The molecule has 0 fully saturated rings. The average Bonchev–Trinajstić information content (AvgIpc) is 3.17. The van der Waals surface area contributed by atoms with Gasteiger partial charge in [0.25, 0.3) is 0 Å². The normalized spacial score (nSPS) is 10.8. The highest BCUT2D eigenvalue weighted by molar-refractivity contribution is 6.32. The molecule has 0 atom stereocenters. The lowest BCUT2D eigenvalue weighted by Crippen LogP contribution is -1.98. The number of nitrogens with zero attached hydrogens (tertiary/aromatic N) is 3. The summed E-state index contributed by atoms with van der Waals surface area (Å²) < 4.78 is 17.7. The largest absolute Gasteiger partial charge is 0.495 e. The monoisotopic (exact) mass is 410 g/mol. The van der Waals surface area contributed by atoms with Crippen molar-refractivity contribution in [2.75, 3.05) is 26.6 Å². The summed E-state index contributed by atoms with van der Waals surface area (Å²) in [4.78, 5) is 4.73. The molecule has 8 heteroatoms. The first-order chi connectivity index (χ1) is 14.1. The molecule has 148 valence electrons. The predicted octanol–water partition coefficient (Wildman–Crippen LogP) is 4.82. The fraction of sp³-hybridized carbons (Fsp3) is 0.143. The molecule has 0 radical (unpaired) electrons. The number of fused-ring (bicyclic) bond motifs is 1. The number of ether oxygens (including phenoxy) is 3. The summed E-state index contributed by atoms with van der Waals surface area (Å²) in [5.74, 6) is 2.57. The van der Waals surface area contributed by atoms with Crippen LogP contribution in [0.15, 0.2) is 54.9 Å². The molecule has 0 aliphatic rings. The van der Waals surface area contributed by atoms with Gasteiger partial charge in [-0.1, -0.05) is 17.7 Å². The minimum absolute atomic E-state index is 0.549. The molecule has 4 rings (SSSR count). The van der Waals surface area contributed by atoms with Gasteiger partial charge in [0, 0.05) is 23.5 Å². The van der Waals surface area contributed by atoms with E-state index in [0.717, 1.165) is 16.8 Å². The van der Waals surface area contributed by atoms with Crippen molar-refractivity contribution in [3.63, 3.8) is 0 Å². The van der Waals surface area contributed by atoms with E-state index in [1.54, 1.807) is 38.1 Å². The minimum Gasteiger partial charge on any atom is -0.495 e. The molecule has 0 unspecified atom stereocenters. The maximum Gasteiger partial charge on any atom is 0.165 e. The summed E-state index contributed by atoms with van der Waals surface area (Å²) in [6.07, 6.45) is 3.63. The Bertz CT molecular complexity index is 1180. The summed E-state index contributed by atoms with van der Waals surface area (Å²) in [5.41, 5.74) is 3.33. The Balaban J connectivity index is 1.71. The van der Waals surface area contributed by atoms with Gasteiger partial charge < -0.3 is 19.5 Å². The molecule has 29 heavy (non-hydrogen) atoms. The maximum atomic E-state index is 6.10. The van der Waals surface area contributed by atoms with Crippen molar-refractivity contribution in [2.24, 2.45) is 0 Å². The average molecular weight is 411 g/mol. The topological polar surface area (TPSA) is 69.9 Å². The summed E-state index contributed by atoms with van der Waals surface area (Å²) >= 11 is 6.10. The van der Waals surface area contributed by atoms with Crippen molar-refractivity contribution in [2.45, 2.75) is 0 Å². The third kappa shape index (κ3) is 3.64. The van der Waals surface area contributed by atoms with Gasteiger partial charge in [0.2, 0.25) is 0 Å². The molecular formula is C21H19ClN4O3. The quantitative estimate of drug-likeness (QED) is 0.491. The number of benzene rings is 2. The second-order valence-electron chi connectivity index (χ2n) is 6.18. The maximum absolute atomic E-state index is 6.10. The number of hydrogen-bond acceptors (Lipinski definition) is 6. The first-order valence-electron chi connectivity index (χ1n) is 8.80. The van der Waals surface area contributed by atoms with E-state index in [1.165, 1.54) is 0 Å². The molecule has 2 aromatic heterocycles. The molecule has 4 aromatic rings. The van der Waals surface area contributed by atoms with Gasteiger partial charge in [0.05, 0.1) is 32.5 Å². The number of nitrogens with one attached hydrogen (secondary N) is 1. The first kappa shape index (κ1) is 18.9. The van der Waals surface area contributed by atoms with Crippen LogP contribution >= 0.6 is 11.6 Å². The van der Waals surface area contributed by atoms with Crippen molar-refractivity contribution >= 4 is 28.8 Å². The van der Waals surface area contributed by atoms with Crippen LogP contribution in [0.5, 0.6) is 17.2 Å². The minimum atomic E-state index is 0.549. The van der Waals surface area contributed by atoms with Gasteiger partial charge in [0.15, 0.2) is 17.1 Å². The second kappa shape index (κ2) is 7.89. The molecule has 2 aromatic carbocycles. The molecular weight excluding hydrogens is 392 g/mol. The molecule has 1 N–H and O–H groups in total. The number of rotatable bonds is 6. The van der Waals surface area contributed by atoms with Crippen molar-refractivity contribution in [1.29, 1.82) is 0 Å². The van der Waals surface area contributed by atoms with Crippen LogP contribution in [-0.2, 0) is 0 Å². The Morgan fingerprint density at radius 3 is 2.45 bits per heavy atom. The van der Waals surface area contributed by atoms with E-state index >= 15 is 0 Å². The van der Waals surface area contributed by atoms with E-state index < -0.39 is 0 Å². The number of halogens is 1. The fourth-order valence-corrected chi connectivity index (χ4v) is 3.23. The molecule has 0 bridgehead atoms. The van der Waals surface area contributed by atoms with Crippen LogP contribution in [0.3, 0.4) is 0 Å². The van der Waals surface area contributed by atoms with E-state index in [2.05, 4.69) is 10.4 Å². The van der Waals surface area contributed by atoms with Crippen LogP contribution in [0.1, 0.15) is 0 Å². The predicted molar refractivity (Wildman–Crippen MR) is 113 cm³/mol. The lowest BCUT2D eigenvalue weighted by molar-refractivity contribution is 0.355. The van der Waals surface area contributed by atoms with Gasteiger partial charge in [-0.2, -0.15) is 5.10 Å². The molecule has 0 saturated carbocycles. The molecule has 0 saturated heterocycles. The highest BCUT2D eigenvalue weighted by Gasteiger charge is 2.13. The lowest BCUT2D eigenvalue weighted by atomic mass is 10.1. The molecule has 0 spiro atoms. The highest BCUT2D eigenvalue weighted by Crippen LogP contribution is 2.34. The third-order valence-electron chi connectivity index (χ3n) is 4.49. The smallest absolute Gasteiger partial charge is 0.165 e. The van der Waals surface area contributed by atoms with Crippen molar-refractivity contribution in [3.05, 3.63) is 59.9 Å². The molecule has 2 heterocycles. The van der Waals surface area contributed by atoms with E-state index in [1.807, 2.05) is 42.6 Å². The molecule has 0 aliphatic heterocycles. The molecule has 0 amide bonds. The van der Waals surface area contributed by atoms with E-state index in [9.17, 15) is 0 Å². The van der Waals surface area contributed by atoms with E-state index in [-0.39, 0.29) is 0 Å². The summed E-state index contributed by atoms with van der Waals surface area (Å²) in [6, 6.07) is 13.0. The number of methoxy groups -OCH3 is 3. The highest BCUT2D eigenvalue weighted by atomic mass is 35.5. The van der Waals surface area contributed by atoms with Crippen LogP contribution in [0.4, 0.5) is 11.5 Å². The van der Waals surface area contributed by atoms with Crippen molar-refractivity contribution < 1.29 is 14.2 Å². The molecule has 0 aliphatic carbocycles. The van der Waals surface area contributed by atoms with Gasteiger partial charge >= 0.3 is 0 Å². The van der Waals surface area contributed by atoms with Gasteiger partial charge in [-0.3, -0.25) is 0 Å². The van der Waals surface area contributed by atoms with E-state index in [4.69, 9.17) is 30.8 Å². The van der Waals surface area contributed by atoms with Crippen LogP contribution in [-0.4, -0.2) is 35.9 Å². The SMILES string of the molecule is COc1cc(Nc2ccn3ncc(-c4ccc(OC)c(OC)c4)c3n2)ccc1Cl. The molecule has 7 nitrogen and oxygen atoms in total. The van der Waals surface area contributed by atoms with Crippen molar-refractivity contribution in [1.82, 2.24) is 14.6 Å². The van der Waals surface area contributed by atoms with Crippen LogP contribution in [0.25, 0.3) is 16.8 Å². The number of hydrogen-bond donors (Lipinski definition) is 1. The van der Waals surface area contributed by atoms with Crippen LogP contribution in [0, 0.1) is 0 Å². The van der Waals surface area contributed by atoms with Crippen molar-refractivity contribution in [3.8, 4) is 28.4 Å². The van der Waals surface area contributed by atoms with Crippen LogP contribution in [0.2, 0.25) is 5.02 Å². The van der Waals surface area contributed by atoms with Gasteiger partial charge in [-0.05, 0) is 35.9 Å². The zero-order valence-electron chi connectivity index (χ0n) is 16.1. The fourth-order valence-electron chi connectivity index (χ4n) is 3.03. The Hall–Kier alpha value is -3.45. The standard InChI is InChI=1S/C21H19ClN4O3/c1-27-17-7-4-13(10-19(17)29-3)15-12-23-26-9-8-20(25-21(15)26)24-14-5-6-16(22)18(11-14)28-2/h4-12H,1-3H3,(H,24,25). The lowest BCUT2D eigenvalue weighted by Gasteiger charge is -2.10. The Kier molecular flexibility index (Phi) is 5.14. The van der Waals surface area contributed by atoms with E-state index in [0.29, 0.717) is 33.7 Å². The summed E-state index contributed by atoms with van der Waals surface area (Å²) in [7, 11) is 4.80. The third-order valence-corrected chi connectivity index (χ3v) is 4.80. The zero-order chi connectivity index (χ0) is 20.4. The zero-order valence-corrected chi connectivity index (χ0v) is 16.9. The Labute approximate surface area is 172 Å². The van der Waals surface area contributed by atoms with Gasteiger partial charge in [-0.25, -0.2) is 9.50 Å².